The Morgan fingerprint density at radius 3 is 2.50 bits per heavy atom. The Kier molecular flexibility index (Phi) is 5.29. The van der Waals surface area contributed by atoms with Gasteiger partial charge < -0.3 is 5.73 Å². The molecule has 2 N–H and O–H groups in total. The summed E-state index contributed by atoms with van der Waals surface area (Å²) in [6, 6.07) is 14.9. The minimum atomic E-state index is -3.81. The molecule has 2 aromatic heterocycles. The molecule has 8 heteroatoms. The molecule has 0 aliphatic carbocycles. The van der Waals surface area contributed by atoms with E-state index >= 15 is 0 Å². The topological polar surface area (TPSA) is 90.9 Å². The molecule has 32 heavy (non-hydrogen) atoms. The van der Waals surface area contributed by atoms with Gasteiger partial charge in [-0.25, -0.2) is 22.5 Å². The number of aryl methyl sites for hydroxylation is 1. The summed E-state index contributed by atoms with van der Waals surface area (Å²) in [6.07, 6.45) is 0. The monoisotopic (exact) mass is 452 g/mol. The Bertz CT molecular complexity index is 1440. The third-order valence-corrected chi connectivity index (χ3v) is 6.96. The van der Waals surface area contributed by atoms with Crippen LogP contribution in [0.5, 0.6) is 0 Å². The first kappa shape index (κ1) is 22.0. The molecular formula is C24H25FN4O2S. The molecule has 166 valence electrons. The maximum Gasteiger partial charge on any atom is 0.184 e. The van der Waals surface area contributed by atoms with Gasteiger partial charge in [-0.05, 0) is 60.4 Å². The molecule has 4 rings (SSSR count). The van der Waals surface area contributed by atoms with E-state index in [4.69, 9.17) is 5.73 Å². The first-order valence-corrected chi connectivity index (χ1v) is 11.8. The Morgan fingerprint density at radius 1 is 1.06 bits per heavy atom. The Morgan fingerprint density at radius 2 is 1.81 bits per heavy atom. The molecule has 0 fully saturated rings. The minimum absolute atomic E-state index is 0.0548. The largest absolute Gasteiger partial charge is 0.384 e. The molecule has 0 saturated carbocycles. The second-order valence-electron chi connectivity index (χ2n) is 8.92. The zero-order valence-electron chi connectivity index (χ0n) is 18.4. The molecular weight excluding hydrogens is 427 g/mol. The highest BCUT2D eigenvalue weighted by molar-refractivity contribution is 7.90. The first-order chi connectivity index (χ1) is 15.0. The molecule has 0 amide bonds. The van der Waals surface area contributed by atoms with E-state index in [1.165, 1.54) is 6.07 Å². The number of pyridine rings is 1. The quantitative estimate of drug-likeness (QED) is 0.484. The lowest BCUT2D eigenvalue weighted by Crippen LogP contribution is -2.15. The van der Waals surface area contributed by atoms with Crippen molar-refractivity contribution in [1.29, 1.82) is 0 Å². The molecule has 0 atom stereocenters. The average molecular weight is 453 g/mol. The van der Waals surface area contributed by atoms with Gasteiger partial charge in [0.05, 0.1) is 33.2 Å². The van der Waals surface area contributed by atoms with Crippen LogP contribution in [0, 0.1) is 12.7 Å². The SMILES string of the molecule is Cc1cc(CS(=O)(=O)c2ccc(C(C)(C)C)c(F)c2)n(-c2cccc3nc(N)ccc23)n1. The van der Waals surface area contributed by atoms with Gasteiger partial charge in [0.1, 0.15) is 11.6 Å². The summed E-state index contributed by atoms with van der Waals surface area (Å²) < 4.78 is 42.6. The highest BCUT2D eigenvalue weighted by Gasteiger charge is 2.24. The van der Waals surface area contributed by atoms with Gasteiger partial charge in [-0.2, -0.15) is 5.10 Å². The number of nitrogen functional groups attached to an aromatic ring is 1. The van der Waals surface area contributed by atoms with Crippen molar-refractivity contribution in [2.45, 2.75) is 43.8 Å². The Balaban J connectivity index is 1.77. The van der Waals surface area contributed by atoms with Crippen LogP contribution in [0.15, 0.2) is 59.5 Å². The summed E-state index contributed by atoms with van der Waals surface area (Å²) in [5, 5.41) is 5.31. The number of rotatable bonds is 4. The van der Waals surface area contributed by atoms with E-state index in [2.05, 4.69) is 10.1 Å². The summed E-state index contributed by atoms with van der Waals surface area (Å²) in [5.41, 5.74) is 8.38. The van der Waals surface area contributed by atoms with E-state index < -0.39 is 21.1 Å². The molecule has 0 aliphatic heterocycles. The summed E-state index contributed by atoms with van der Waals surface area (Å²) in [5.74, 6) is -0.447. The summed E-state index contributed by atoms with van der Waals surface area (Å²) in [6.45, 7) is 7.44. The number of fused-ring (bicyclic) bond motifs is 1. The number of nitrogens with two attached hydrogens (primary N) is 1. The lowest BCUT2D eigenvalue weighted by atomic mass is 9.87. The van der Waals surface area contributed by atoms with E-state index in [1.807, 2.05) is 45.0 Å². The van der Waals surface area contributed by atoms with Crippen LogP contribution in [0.3, 0.4) is 0 Å². The van der Waals surface area contributed by atoms with E-state index in [9.17, 15) is 12.8 Å². The van der Waals surface area contributed by atoms with Crippen LogP contribution in [0.25, 0.3) is 16.6 Å². The number of aromatic nitrogens is 3. The smallest absolute Gasteiger partial charge is 0.184 e. The van der Waals surface area contributed by atoms with Crippen LogP contribution in [0.1, 0.15) is 37.7 Å². The molecule has 6 nitrogen and oxygen atoms in total. The zero-order valence-corrected chi connectivity index (χ0v) is 19.2. The molecule has 0 saturated heterocycles. The number of sulfone groups is 1. The van der Waals surface area contributed by atoms with Crippen molar-refractivity contribution in [3.8, 4) is 5.69 Å². The van der Waals surface area contributed by atoms with Crippen LogP contribution >= 0.6 is 0 Å². The van der Waals surface area contributed by atoms with Gasteiger partial charge in [-0.15, -0.1) is 0 Å². The van der Waals surface area contributed by atoms with Crippen molar-refractivity contribution in [3.05, 3.63) is 77.4 Å². The average Bonchev–Trinajstić information content (AvgIpc) is 3.05. The van der Waals surface area contributed by atoms with Crippen molar-refractivity contribution in [1.82, 2.24) is 14.8 Å². The second-order valence-corrected chi connectivity index (χ2v) is 10.9. The molecule has 0 unspecified atom stereocenters. The molecule has 2 aromatic carbocycles. The van der Waals surface area contributed by atoms with E-state index in [-0.39, 0.29) is 10.6 Å². The fraction of sp³-hybridized carbons (Fsp3) is 0.250. The molecule has 0 radical (unpaired) electrons. The standard InChI is InChI=1S/C24H25FN4O2S/c1-15-12-16(14-32(30,31)17-8-10-19(20(25)13-17)24(2,3)4)29(28-15)22-7-5-6-21-18(22)9-11-23(26)27-21/h5-13H,14H2,1-4H3,(H2,26,27). The number of halogens is 1. The van der Waals surface area contributed by atoms with Crippen LogP contribution < -0.4 is 5.73 Å². The van der Waals surface area contributed by atoms with E-state index in [0.717, 1.165) is 11.5 Å². The van der Waals surface area contributed by atoms with Crippen molar-refractivity contribution in [3.63, 3.8) is 0 Å². The van der Waals surface area contributed by atoms with Gasteiger partial charge in [-0.1, -0.05) is 32.9 Å². The third-order valence-electron chi connectivity index (χ3n) is 5.31. The van der Waals surface area contributed by atoms with Crippen LogP contribution in [0.2, 0.25) is 0 Å². The Hall–Kier alpha value is -3.26. The number of hydrogen-bond acceptors (Lipinski definition) is 5. The molecule has 4 aromatic rings. The normalized spacial score (nSPS) is 12.4. The molecule has 0 spiro atoms. The first-order valence-electron chi connectivity index (χ1n) is 10.2. The van der Waals surface area contributed by atoms with Crippen LogP contribution in [-0.4, -0.2) is 23.2 Å². The number of hydrogen-bond donors (Lipinski definition) is 1. The highest BCUT2D eigenvalue weighted by atomic mass is 32.2. The van der Waals surface area contributed by atoms with Crippen molar-refractivity contribution >= 4 is 26.6 Å². The lowest BCUT2D eigenvalue weighted by Gasteiger charge is -2.20. The Labute approximate surface area is 186 Å². The zero-order chi connectivity index (χ0) is 23.3. The van der Waals surface area contributed by atoms with Crippen molar-refractivity contribution in [2.24, 2.45) is 0 Å². The molecule has 0 bridgehead atoms. The summed E-state index contributed by atoms with van der Waals surface area (Å²) in [4.78, 5) is 4.28. The second kappa shape index (κ2) is 7.70. The van der Waals surface area contributed by atoms with Gasteiger partial charge >= 0.3 is 0 Å². The summed E-state index contributed by atoms with van der Waals surface area (Å²) in [7, 11) is -3.81. The van der Waals surface area contributed by atoms with E-state index in [1.54, 1.807) is 29.8 Å². The maximum absolute atomic E-state index is 14.7. The number of anilines is 1. The number of benzene rings is 2. The van der Waals surface area contributed by atoms with Gasteiger partial charge in [0.2, 0.25) is 0 Å². The third kappa shape index (κ3) is 4.10. The van der Waals surface area contributed by atoms with Gasteiger partial charge in [0.25, 0.3) is 0 Å². The number of nitrogens with zero attached hydrogens (tertiary/aromatic N) is 3. The van der Waals surface area contributed by atoms with E-state index in [0.29, 0.717) is 34.0 Å². The van der Waals surface area contributed by atoms with Crippen LogP contribution in [-0.2, 0) is 21.0 Å². The minimum Gasteiger partial charge on any atom is -0.384 e. The fourth-order valence-electron chi connectivity index (χ4n) is 3.78. The lowest BCUT2D eigenvalue weighted by molar-refractivity contribution is 0.519. The van der Waals surface area contributed by atoms with Gasteiger partial charge in [0, 0.05) is 5.39 Å². The van der Waals surface area contributed by atoms with Gasteiger partial charge in [-0.3, -0.25) is 0 Å². The fourth-order valence-corrected chi connectivity index (χ4v) is 5.10. The predicted molar refractivity (Wildman–Crippen MR) is 124 cm³/mol. The predicted octanol–water partition coefficient (Wildman–Crippen LogP) is 4.72. The molecule has 0 aliphatic rings. The summed E-state index contributed by atoms with van der Waals surface area (Å²) >= 11 is 0. The highest BCUT2D eigenvalue weighted by Crippen LogP contribution is 2.29. The van der Waals surface area contributed by atoms with Crippen LogP contribution in [0.4, 0.5) is 10.2 Å². The molecule has 2 heterocycles. The van der Waals surface area contributed by atoms with Crippen molar-refractivity contribution < 1.29 is 12.8 Å². The van der Waals surface area contributed by atoms with Crippen molar-refractivity contribution in [2.75, 3.05) is 5.73 Å². The maximum atomic E-state index is 14.7. The van der Waals surface area contributed by atoms with Gasteiger partial charge in [0.15, 0.2) is 9.84 Å².